The van der Waals surface area contributed by atoms with Gasteiger partial charge in [-0.05, 0) is 81.8 Å². The van der Waals surface area contributed by atoms with Crippen LogP contribution in [0, 0.1) is 0 Å². The third kappa shape index (κ3) is 4.34. The van der Waals surface area contributed by atoms with Crippen molar-refractivity contribution in [2.24, 2.45) is 0 Å². The first-order valence-corrected chi connectivity index (χ1v) is 15.5. The van der Waals surface area contributed by atoms with Gasteiger partial charge in [0.25, 0.3) is 0 Å². The molecule has 2 heteroatoms. The molecule has 0 spiro atoms. The zero-order chi connectivity index (χ0) is 29.7. The SMILES string of the molecule is c1ccc(-c2ccc(-c3ccc(N(c4ccc5c(c4)oc4ccccc45)c4cccc5c4-c4ccccc4C5)cc3)cc2)cc1. The van der Waals surface area contributed by atoms with Crippen molar-refractivity contribution in [2.45, 2.75) is 6.42 Å². The Morgan fingerprint density at radius 3 is 1.82 bits per heavy atom. The van der Waals surface area contributed by atoms with Gasteiger partial charge in [0.1, 0.15) is 11.2 Å². The first kappa shape index (κ1) is 25.6. The Bertz CT molecular complexity index is 2330. The molecule has 2 nitrogen and oxygen atoms in total. The van der Waals surface area contributed by atoms with Gasteiger partial charge in [0, 0.05) is 33.8 Å². The van der Waals surface area contributed by atoms with E-state index in [1.807, 2.05) is 12.1 Å². The number of furan rings is 1. The smallest absolute Gasteiger partial charge is 0.137 e. The standard InChI is InChI=1S/C43H29NO/c1-2-9-29(10-3-1)30-17-19-31(20-18-30)32-21-23-35(24-22-32)44(36-25-26-39-38-14-6-7-16-41(38)45-42(39)28-36)40-15-8-12-34-27-33-11-4-5-13-37(33)43(34)40/h1-26,28H,27H2. The second-order valence-electron chi connectivity index (χ2n) is 11.7. The van der Waals surface area contributed by atoms with Gasteiger partial charge in [-0.2, -0.15) is 0 Å². The average molecular weight is 576 g/mol. The minimum atomic E-state index is 0.891. The molecule has 0 fully saturated rings. The molecule has 1 aliphatic rings. The molecule has 0 radical (unpaired) electrons. The van der Waals surface area contributed by atoms with Crippen LogP contribution in [0.4, 0.5) is 17.1 Å². The van der Waals surface area contributed by atoms with E-state index in [4.69, 9.17) is 4.42 Å². The third-order valence-electron chi connectivity index (χ3n) is 9.11. The second kappa shape index (κ2) is 10.4. The minimum absolute atomic E-state index is 0.891. The molecule has 0 saturated carbocycles. The predicted molar refractivity (Wildman–Crippen MR) is 188 cm³/mol. The van der Waals surface area contributed by atoms with Crippen molar-refractivity contribution in [3.05, 3.63) is 175 Å². The molecule has 45 heavy (non-hydrogen) atoms. The number of para-hydroxylation sites is 1. The van der Waals surface area contributed by atoms with E-state index in [0.29, 0.717) is 0 Å². The van der Waals surface area contributed by atoms with Crippen LogP contribution in [0.15, 0.2) is 168 Å². The summed E-state index contributed by atoms with van der Waals surface area (Å²) in [5, 5.41) is 2.27. The van der Waals surface area contributed by atoms with Crippen molar-refractivity contribution >= 4 is 39.0 Å². The lowest BCUT2D eigenvalue weighted by Crippen LogP contribution is -2.11. The highest BCUT2D eigenvalue weighted by atomic mass is 16.3. The molecule has 7 aromatic carbocycles. The lowest BCUT2D eigenvalue weighted by molar-refractivity contribution is 0.669. The van der Waals surface area contributed by atoms with Crippen LogP contribution < -0.4 is 4.90 Å². The Morgan fingerprint density at radius 2 is 1.02 bits per heavy atom. The molecule has 0 amide bonds. The summed E-state index contributed by atoms with van der Waals surface area (Å²) in [4.78, 5) is 2.38. The van der Waals surface area contributed by atoms with E-state index in [2.05, 4.69) is 157 Å². The van der Waals surface area contributed by atoms with Crippen LogP contribution in [-0.2, 0) is 6.42 Å². The molecule has 0 unspecified atom stereocenters. The summed E-state index contributed by atoms with van der Waals surface area (Å²) in [6.07, 6.45) is 0.952. The van der Waals surface area contributed by atoms with Crippen LogP contribution in [0.1, 0.15) is 11.1 Å². The van der Waals surface area contributed by atoms with E-state index in [1.54, 1.807) is 0 Å². The summed E-state index contributed by atoms with van der Waals surface area (Å²) in [6.45, 7) is 0. The van der Waals surface area contributed by atoms with Gasteiger partial charge in [-0.25, -0.2) is 0 Å². The molecular weight excluding hydrogens is 546 g/mol. The number of benzene rings is 7. The van der Waals surface area contributed by atoms with Crippen LogP contribution in [-0.4, -0.2) is 0 Å². The number of hydrogen-bond donors (Lipinski definition) is 0. The van der Waals surface area contributed by atoms with Crippen LogP contribution in [0.5, 0.6) is 0 Å². The first-order chi connectivity index (χ1) is 22.3. The molecule has 1 heterocycles. The molecule has 1 aliphatic carbocycles. The number of nitrogens with zero attached hydrogens (tertiary/aromatic N) is 1. The fourth-order valence-corrected chi connectivity index (χ4v) is 6.92. The van der Waals surface area contributed by atoms with Gasteiger partial charge in [-0.15, -0.1) is 0 Å². The highest BCUT2D eigenvalue weighted by Gasteiger charge is 2.25. The maximum Gasteiger partial charge on any atom is 0.137 e. The van der Waals surface area contributed by atoms with Crippen molar-refractivity contribution in [1.29, 1.82) is 0 Å². The van der Waals surface area contributed by atoms with E-state index in [1.165, 1.54) is 50.2 Å². The topological polar surface area (TPSA) is 16.4 Å². The summed E-state index contributed by atoms with van der Waals surface area (Å²) >= 11 is 0. The van der Waals surface area contributed by atoms with Crippen molar-refractivity contribution in [1.82, 2.24) is 0 Å². The minimum Gasteiger partial charge on any atom is -0.456 e. The molecule has 1 aromatic heterocycles. The molecule has 0 bridgehead atoms. The quantitative estimate of drug-likeness (QED) is 0.203. The number of rotatable bonds is 5. The Morgan fingerprint density at radius 1 is 0.422 bits per heavy atom. The Balaban J connectivity index is 1.17. The molecule has 0 aliphatic heterocycles. The van der Waals surface area contributed by atoms with Crippen molar-refractivity contribution in [3.63, 3.8) is 0 Å². The molecule has 0 saturated heterocycles. The maximum atomic E-state index is 6.36. The summed E-state index contributed by atoms with van der Waals surface area (Å²) in [5.41, 5.74) is 15.3. The molecule has 0 N–H and O–H groups in total. The van der Waals surface area contributed by atoms with E-state index in [-0.39, 0.29) is 0 Å². The molecule has 9 rings (SSSR count). The fraction of sp³-hybridized carbons (Fsp3) is 0.0233. The van der Waals surface area contributed by atoms with Gasteiger partial charge in [-0.1, -0.05) is 121 Å². The second-order valence-corrected chi connectivity index (χ2v) is 11.7. The monoisotopic (exact) mass is 575 g/mol. The highest BCUT2D eigenvalue weighted by Crippen LogP contribution is 2.48. The Hall–Kier alpha value is -5.86. The lowest BCUT2D eigenvalue weighted by Gasteiger charge is -2.28. The van der Waals surface area contributed by atoms with Gasteiger partial charge in [0.2, 0.25) is 0 Å². The Kier molecular flexibility index (Phi) is 5.92. The summed E-state index contributed by atoms with van der Waals surface area (Å²) in [5.74, 6) is 0. The Labute approximate surface area is 262 Å². The van der Waals surface area contributed by atoms with Crippen LogP contribution in [0.2, 0.25) is 0 Å². The first-order valence-electron chi connectivity index (χ1n) is 15.5. The molecule has 0 atom stereocenters. The summed E-state index contributed by atoms with van der Waals surface area (Å²) < 4.78 is 6.36. The van der Waals surface area contributed by atoms with Gasteiger partial charge >= 0.3 is 0 Å². The van der Waals surface area contributed by atoms with Crippen molar-refractivity contribution in [3.8, 4) is 33.4 Å². The third-order valence-corrected chi connectivity index (χ3v) is 9.11. The van der Waals surface area contributed by atoms with E-state index in [0.717, 1.165) is 39.7 Å². The zero-order valence-corrected chi connectivity index (χ0v) is 24.7. The molecule has 212 valence electrons. The van der Waals surface area contributed by atoms with Crippen LogP contribution >= 0.6 is 0 Å². The summed E-state index contributed by atoms with van der Waals surface area (Å²) in [7, 11) is 0. The predicted octanol–water partition coefficient (Wildman–Crippen LogP) is 12.0. The van der Waals surface area contributed by atoms with Crippen molar-refractivity contribution in [2.75, 3.05) is 4.90 Å². The van der Waals surface area contributed by atoms with E-state index >= 15 is 0 Å². The van der Waals surface area contributed by atoms with Gasteiger partial charge < -0.3 is 9.32 Å². The van der Waals surface area contributed by atoms with E-state index in [9.17, 15) is 0 Å². The number of hydrogen-bond acceptors (Lipinski definition) is 2. The molecule has 8 aromatic rings. The van der Waals surface area contributed by atoms with Gasteiger partial charge in [-0.3, -0.25) is 0 Å². The average Bonchev–Trinajstić information content (AvgIpc) is 3.68. The fourth-order valence-electron chi connectivity index (χ4n) is 6.92. The van der Waals surface area contributed by atoms with Crippen LogP contribution in [0.3, 0.4) is 0 Å². The highest BCUT2D eigenvalue weighted by molar-refractivity contribution is 6.06. The van der Waals surface area contributed by atoms with Crippen molar-refractivity contribution < 1.29 is 4.42 Å². The van der Waals surface area contributed by atoms with E-state index < -0.39 is 0 Å². The number of fused-ring (bicyclic) bond motifs is 6. The molecular formula is C43H29NO. The summed E-state index contributed by atoms with van der Waals surface area (Å²) in [6, 6.07) is 58.7. The lowest BCUT2D eigenvalue weighted by atomic mass is 9.99. The maximum absolute atomic E-state index is 6.36. The number of anilines is 3. The zero-order valence-electron chi connectivity index (χ0n) is 24.7. The van der Waals surface area contributed by atoms with Gasteiger partial charge in [0.05, 0.1) is 5.69 Å². The normalized spacial score (nSPS) is 11.9. The largest absolute Gasteiger partial charge is 0.456 e. The van der Waals surface area contributed by atoms with Crippen LogP contribution in [0.25, 0.3) is 55.3 Å². The van der Waals surface area contributed by atoms with Gasteiger partial charge in [0.15, 0.2) is 0 Å².